The van der Waals surface area contributed by atoms with Gasteiger partial charge >= 0.3 is 6.01 Å². The summed E-state index contributed by atoms with van der Waals surface area (Å²) in [6.45, 7) is 6.90. The van der Waals surface area contributed by atoms with Gasteiger partial charge in [-0.15, -0.1) is 0 Å². The maximum Gasteiger partial charge on any atom is 0.323 e. The van der Waals surface area contributed by atoms with Crippen LogP contribution in [0.3, 0.4) is 0 Å². The van der Waals surface area contributed by atoms with Gasteiger partial charge in [0.25, 0.3) is 0 Å². The number of aromatic nitrogens is 3. The molecule has 0 atom stereocenters. The number of anilines is 2. The third-order valence-corrected chi connectivity index (χ3v) is 2.92. The topological polar surface area (TPSA) is 92.3 Å². The number of nitrogens with zero attached hydrogens (tertiary/aromatic N) is 4. The van der Waals surface area contributed by atoms with Crippen molar-refractivity contribution in [3.8, 4) is 6.01 Å². The number of hydrogen-bond acceptors (Lipinski definition) is 7. The largest absolute Gasteiger partial charge is 0.463 e. The molecule has 1 amide bonds. The third-order valence-electron chi connectivity index (χ3n) is 2.92. The molecule has 0 saturated carbocycles. The molecule has 116 valence electrons. The molecule has 0 aromatic carbocycles. The summed E-state index contributed by atoms with van der Waals surface area (Å²) in [6, 6.07) is 0.294. The van der Waals surface area contributed by atoms with Gasteiger partial charge in [-0.1, -0.05) is 6.92 Å². The van der Waals surface area contributed by atoms with Crippen molar-refractivity contribution in [3.63, 3.8) is 0 Å². The lowest BCUT2D eigenvalue weighted by Gasteiger charge is -2.19. The van der Waals surface area contributed by atoms with Crippen LogP contribution in [0, 0.1) is 0 Å². The zero-order valence-corrected chi connectivity index (χ0v) is 12.6. The first-order chi connectivity index (χ1) is 10.2. The molecule has 1 saturated heterocycles. The second-order valence-electron chi connectivity index (χ2n) is 4.75. The summed E-state index contributed by atoms with van der Waals surface area (Å²) in [5.41, 5.74) is 0. The molecule has 0 unspecified atom stereocenters. The van der Waals surface area contributed by atoms with Crippen molar-refractivity contribution in [3.05, 3.63) is 0 Å². The van der Waals surface area contributed by atoms with E-state index < -0.39 is 0 Å². The zero-order valence-electron chi connectivity index (χ0n) is 12.6. The number of hydrogen-bond donors (Lipinski definition) is 2. The van der Waals surface area contributed by atoms with Gasteiger partial charge in [0, 0.05) is 19.6 Å². The highest BCUT2D eigenvalue weighted by molar-refractivity contribution is 5.81. The van der Waals surface area contributed by atoms with E-state index in [9.17, 15) is 4.79 Å². The van der Waals surface area contributed by atoms with E-state index in [-0.39, 0.29) is 12.5 Å². The van der Waals surface area contributed by atoms with Crippen LogP contribution in [-0.2, 0) is 4.79 Å². The second-order valence-corrected chi connectivity index (χ2v) is 4.75. The van der Waals surface area contributed by atoms with Gasteiger partial charge in [0.05, 0.1) is 13.2 Å². The summed E-state index contributed by atoms with van der Waals surface area (Å²) in [5, 5.41) is 5.90. The highest BCUT2D eigenvalue weighted by Crippen LogP contribution is 2.16. The van der Waals surface area contributed by atoms with Crippen molar-refractivity contribution >= 4 is 17.8 Å². The number of rotatable bonds is 6. The van der Waals surface area contributed by atoms with Crippen LogP contribution < -0.4 is 20.3 Å². The van der Waals surface area contributed by atoms with Gasteiger partial charge in [-0.25, -0.2) is 0 Å². The monoisotopic (exact) mass is 294 g/mol. The molecule has 0 aliphatic carbocycles. The van der Waals surface area contributed by atoms with Crippen LogP contribution >= 0.6 is 0 Å². The van der Waals surface area contributed by atoms with Crippen LogP contribution in [0.4, 0.5) is 11.9 Å². The van der Waals surface area contributed by atoms with Gasteiger partial charge in [0.15, 0.2) is 0 Å². The number of amides is 1. The van der Waals surface area contributed by atoms with Crippen molar-refractivity contribution in [2.75, 3.05) is 43.0 Å². The summed E-state index contributed by atoms with van der Waals surface area (Å²) in [6.07, 6.45) is 1.74. The molecule has 1 aromatic heterocycles. The lowest BCUT2D eigenvalue weighted by molar-refractivity contribution is -0.119. The Bertz CT molecular complexity index is 482. The minimum Gasteiger partial charge on any atom is -0.463 e. The fourth-order valence-electron chi connectivity index (χ4n) is 1.96. The van der Waals surface area contributed by atoms with Crippen molar-refractivity contribution in [1.82, 2.24) is 20.3 Å². The Morgan fingerprint density at radius 2 is 2.19 bits per heavy atom. The average Bonchev–Trinajstić information content (AvgIpc) is 2.70. The molecular weight excluding hydrogens is 272 g/mol. The Kier molecular flexibility index (Phi) is 5.53. The molecule has 2 rings (SSSR count). The van der Waals surface area contributed by atoms with Crippen molar-refractivity contribution < 1.29 is 9.53 Å². The second kappa shape index (κ2) is 7.61. The highest BCUT2D eigenvalue weighted by atomic mass is 16.5. The Morgan fingerprint density at radius 3 is 2.95 bits per heavy atom. The van der Waals surface area contributed by atoms with Gasteiger partial charge in [0.2, 0.25) is 17.8 Å². The third kappa shape index (κ3) is 4.44. The number of carbonyl (C=O) groups is 1. The lowest BCUT2D eigenvalue weighted by atomic mass is 10.4. The molecule has 0 bridgehead atoms. The van der Waals surface area contributed by atoms with Crippen LogP contribution in [0.15, 0.2) is 0 Å². The Labute approximate surface area is 124 Å². The Hall–Kier alpha value is -2.12. The summed E-state index contributed by atoms with van der Waals surface area (Å²) in [7, 11) is 0. The number of carbonyl (C=O) groups excluding carboxylic acids is 1. The lowest BCUT2D eigenvalue weighted by Crippen LogP contribution is -2.34. The molecule has 0 spiro atoms. The van der Waals surface area contributed by atoms with E-state index in [2.05, 4.69) is 25.6 Å². The van der Waals surface area contributed by atoms with Crippen molar-refractivity contribution in [2.45, 2.75) is 26.7 Å². The molecule has 1 aliphatic heterocycles. The molecule has 1 aliphatic rings. The zero-order chi connectivity index (χ0) is 15.1. The first-order valence-corrected chi connectivity index (χ1v) is 7.37. The summed E-state index contributed by atoms with van der Waals surface area (Å²) in [4.78, 5) is 26.4. The van der Waals surface area contributed by atoms with E-state index in [1.807, 2.05) is 18.7 Å². The normalized spacial score (nSPS) is 15.3. The molecule has 8 heteroatoms. The molecular formula is C13H22N6O2. The number of nitrogens with one attached hydrogen (secondary N) is 2. The molecule has 21 heavy (non-hydrogen) atoms. The Balaban J connectivity index is 2.22. The van der Waals surface area contributed by atoms with Crippen molar-refractivity contribution in [1.29, 1.82) is 0 Å². The van der Waals surface area contributed by atoms with E-state index in [0.717, 1.165) is 19.4 Å². The molecule has 0 radical (unpaired) electrons. The summed E-state index contributed by atoms with van der Waals surface area (Å²) in [5.74, 6) is 0.927. The first-order valence-electron chi connectivity index (χ1n) is 7.37. The summed E-state index contributed by atoms with van der Waals surface area (Å²) >= 11 is 0. The van der Waals surface area contributed by atoms with Gasteiger partial charge < -0.3 is 20.3 Å². The maximum atomic E-state index is 11.7. The molecule has 1 aromatic rings. The highest BCUT2D eigenvalue weighted by Gasteiger charge is 2.19. The van der Waals surface area contributed by atoms with Crippen LogP contribution in [0.5, 0.6) is 6.01 Å². The van der Waals surface area contributed by atoms with Crippen LogP contribution in [0.25, 0.3) is 0 Å². The smallest absolute Gasteiger partial charge is 0.323 e. The van der Waals surface area contributed by atoms with Crippen LogP contribution in [0.2, 0.25) is 0 Å². The molecule has 1 fully saturated rings. The predicted octanol–water partition coefficient (Wildman–Crippen LogP) is 0.419. The Morgan fingerprint density at radius 1 is 1.33 bits per heavy atom. The van der Waals surface area contributed by atoms with E-state index in [0.29, 0.717) is 37.6 Å². The van der Waals surface area contributed by atoms with Crippen LogP contribution in [0.1, 0.15) is 26.7 Å². The van der Waals surface area contributed by atoms with E-state index in [4.69, 9.17) is 4.74 Å². The van der Waals surface area contributed by atoms with E-state index >= 15 is 0 Å². The van der Waals surface area contributed by atoms with E-state index in [1.54, 1.807) is 0 Å². The maximum absolute atomic E-state index is 11.7. The summed E-state index contributed by atoms with van der Waals surface area (Å²) < 4.78 is 5.50. The van der Waals surface area contributed by atoms with Gasteiger partial charge in [-0.3, -0.25) is 4.79 Å². The molecule has 2 heterocycles. The number of ether oxygens (including phenoxy) is 1. The predicted molar refractivity (Wildman–Crippen MR) is 79.6 cm³/mol. The quantitative estimate of drug-likeness (QED) is 0.785. The molecule has 2 N–H and O–H groups in total. The van der Waals surface area contributed by atoms with Gasteiger partial charge in [-0.05, 0) is 19.8 Å². The fraction of sp³-hybridized carbons (Fsp3) is 0.692. The first kappa shape index (κ1) is 15.3. The fourth-order valence-corrected chi connectivity index (χ4v) is 1.96. The molecule has 8 nitrogen and oxygen atoms in total. The average molecular weight is 294 g/mol. The minimum atomic E-state index is -0.0195. The SMILES string of the molecule is CCCOc1nc(NCC)nc(N2CCCNC(=O)C2)n1. The van der Waals surface area contributed by atoms with Crippen LogP contribution in [-0.4, -0.2) is 53.6 Å². The van der Waals surface area contributed by atoms with Crippen molar-refractivity contribution in [2.24, 2.45) is 0 Å². The van der Waals surface area contributed by atoms with Gasteiger partial charge in [-0.2, -0.15) is 15.0 Å². The standard InChI is InChI=1S/C13H22N6O2/c1-3-8-21-13-17-11(14-4-2)16-12(18-13)19-7-5-6-15-10(20)9-19/h3-9H2,1-2H3,(H,15,20)(H,14,16,17,18). The van der Waals surface area contributed by atoms with Gasteiger partial charge in [0.1, 0.15) is 0 Å². The van der Waals surface area contributed by atoms with E-state index in [1.165, 1.54) is 0 Å². The minimum absolute atomic E-state index is 0.0195.